The first-order chi connectivity index (χ1) is 9.70. The van der Waals surface area contributed by atoms with Crippen LogP contribution in [0.15, 0.2) is 42.5 Å². The van der Waals surface area contributed by atoms with Crippen molar-refractivity contribution >= 4 is 5.82 Å². The van der Waals surface area contributed by atoms with Gasteiger partial charge >= 0.3 is 0 Å². The second-order valence-electron chi connectivity index (χ2n) is 5.38. The Morgan fingerprint density at radius 3 is 2.50 bits per heavy atom. The molecule has 0 aliphatic heterocycles. The van der Waals surface area contributed by atoms with Gasteiger partial charge in [0.1, 0.15) is 5.82 Å². The molecule has 2 aromatic rings. The Morgan fingerprint density at radius 1 is 1.10 bits per heavy atom. The summed E-state index contributed by atoms with van der Waals surface area (Å²) >= 11 is 0. The largest absolute Gasteiger partial charge is 0.370 e. The Labute approximate surface area is 121 Å². The molecule has 1 aromatic carbocycles. The van der Waals surface area contributed by atoms with Gasteiger partial charge in [0.25, 0.3) is 0 Å². The molecule has 0 fully saturated rings. The second-order valence-corrected chi connectivity index (χ2v) is 5.38. The summed E-state index contributed by atoms with van der Waals surface area (Å²) < 4.78 is 0. The van der Waals surface area contributed by atoms with Crippen molar-refractivity contribution in [2.24, 2.45) is 11.7 Å². The van der Waals surface area contributed by atoms with Crippen molar-refractivity contribution < 1.29 is 0 Å². The number of nitrogens with zero attached hydrogens (tertiary/aromatic N) is 1. The molecule has 0 radical (unpaired) electrons. The van der Waals surface area contributed by atoms with Gasteiger partial charge < -0.3 is 11.1 Å². The van der Waals surface area contributed by atoms with Crippen LogP contribution in [0.5, 0.6) is 0 Å². The van der Waals surface area contributed by atoms with Crippen molar-refractivity contribution in [1.29, 1.82) is 0 Å². The molecule has 0 bridgehead atoms. The van der Waals surface area contributed by atoms with Crippen molar-refractivity contribution in [2.75, 3.05) is 11.9 Å². The molecule has 0 aliphatic rings. The molecular weight excluding hydrogens is 246 g/mol. The summed E-state index contributed by atoms with van der Waals surface area (Å²) in [7, 11) is 0. The predicted octanol–water partition coefficient (Wildman–Crippen LogP) is 3.67. The molecular formula is C17H23N3. The van der Waals surface area contributed by atoms with Gasteiger partial charge in [-0.05, 0) is 18.4 Å². The maximum absolute atomic E-state index is 5.79. The summed E-state index contributed by atoms with van der Waals surface area (Å²) in [5.74, 6) is 1.59. The monoisotopic (exact) mass is 269 g/mol. The number of benzene rings is 1. The number of nitrogens with two attached hydrogens (primary N) is 1. The summed E-state index contributed by atoms with van der Waals surface area (Å²) in [6, 6.07) is 14.3. The Morgan fingerprint density at radius 2 is 1.85 bits per heavy atom. The molecule has 1 aromatic heterocycles. The van der Waals surface area contributed by atoms with Crippen LogP contribution in [0.4, 0.5) is 5.82 Å². The number of anilines is 1. The van der Waals surface area contributed by atoms with E-state index in [1.54, 1.807) is 0 Å². The highest BCUT2D eigenvalue weighted by molar-refractivity contribution is 5.62. The van der Waals surface area contributed by atoms with Crippen LogP contribution in [0.25, 0.3) is 11.3 Å². The molecule has 0 aliphatic carbocycles. The highest BCUT2D eigenvalue weighted by Gasteiger charge is 2.06. The SMILES string of the molecule is CC(C)CCNc1nc(-c2ccccc2)ccc1CN. The van der Waals surface area contributed by atoms with Gasteiger partial charge in [0.2, 0.25) is 0 Å². The maximum Gasteiger partial charge on any atom is 0.131 e. The topological polar surface area (TPSA) is 50.9 Å². The fourth-order valence-electron chi connectivity index (χ4n) is 2.05. The minimum absolute atomic E-state index is 0.506. The quantitative estimate of drug-likeness (QED) is 0.841. The smallest absolute Gasteiger partial charge is 0.131 e. The zero-order chi connectivity index (χ0) is 14.4. The third kappa shape index (κ3) is 3.81. The average molecular weight is 269 g/mol. The van der Waals surface area contributed by atoms with Gasteiger partial charge in [0, 0.05) is 24.2 Å². The molecule has 1 heterocycles. The molecule has 0 amide bonds. The van der Waals surface area contributed by atoms with Gasteiger partial charge in [0.15, 0.2) is 0 Å². The zero-order valence-electron chi connectivity index (χ0n) is 12.3. The van der Waals surface area contributed by atoms with E-state index >= 15 is 0 Å². The molecule has 3 N–H and O–H groups in total. The second kappa shape index (κ2) is 7.06. The highest BCUT2D eigenvalue weighted by atomic mass is 15.0. The lowest BCUT2D eigenvalue weighted by Crippen LogP contribution is -2.10. The van der Waals surface area contributed by atoms with Crippen molar-refractivity contribution in [3.63, 3.8) is 0 Å². The maximum atomic E-state index is 5.79. The van der Waals surface area contributed by atoms with Crippen LogP contribution >= 0.6 is 0 Å². The van der Waals surface area contributed by atoms with Crippen LogP contribution in [-0.2, 0) is 6.54 Å². The van der Waals surface area contributed by atoms with Crippen LogP contribution in [0.3, 0.4) is 0 Å². The minimum Gasteiger partial charge on any atom is -0.370 e. The Bertz CT molecular complexity index is 535. The predicted molar refractivity (Wildman–Crippen MR) is 85.5 cm³/mol. The Balaban J connectivity index is 2.20. The molecule has 0 spiro atoms. The van der Waals surface area contributed by atoms with Crippen LogP contribution < -0.4 is 11.1 Å². The first kappa shape index (κ1) is 14.5. The van der Waals surface area contributed by atoms with Gasteiger partial charge in [-0.3, -0.25) is 0 Å². The summed E-state index contributed by atoms with van der Waals surface area (Å²) in [6.07, 6.45) is 1.13. The van der Waals surface area contributed by atoms with E-state index in [-0.39, 0.29) is 0 Å². The molecule has 0 saturated carbocycles. The normalized spacial score (nSPS) is 10.8. The van der Waals surface area contributed by atoms with E-state index < -0.39 is 0 Å². The van der Waals surface area contributed by atoms with Crippen LogP contribution in [-0.4, -0.2) is 11.5 Å². The summed E-state index contributed by atoms with van der Waals surface area (Å²) in [4.78, 5) is 4.72. The molecule has 106 valence electrons. The Hall–Kier alpha value is -1.87. The molecule has 2 rings (SSSR count). The zero-order valence-corrected chi connectivity index (χ0v) is 12.3. The van der Waals surface area contributed by atoms with Crippen LogP contribution in [0.1, 0.15) is 25.8 Å². The average Bonchev–Trinajstić information content (AvgIpc) is 2.47. The van der Waals surface area contributed by atoms with E-state index in [1.807, 2.05) is 24.3 Å². The Kier molecular flexibility index (Phi) is 5.13. The number of aromatic nitrogens is 1. The number of hydrogen-bond donors (Lipinski definition) is 2. The molecule has 0 saturated heterocycles. The fourth-order valence-corrected chi connectivity index (χ4v) is 2.05. The number of nitrogens with one attached hydrogen (secondary N) is 1. The summed E-state index contributed by atoms with van der Waals surface area (Å²) in [6.45, 7) is 5.88. The van der Waals surface area contributed by atoms with Gasteiger partial charge in [-0.2, -0.15) is 0 Å². The summed E-state index contributed by atoms with van der Waals surface area (Å²) in [5, 5.41) is 3.41. The fraction of sp³-hybridized carbons (Fsp3) is 0.353. The standard InChI is InChI=1S/C17H23N3/c1-13(2)10-11-19-17-15(12-18)8-9-16(20-17)14-6-4-3-5-7-14/h3-9,13H,10-12,18H2,1-2H3,(H,19,20). The van der Waals surface area contributed by atoms with E-state index in [1.165, 1.54) is 0 Å². The number of hydrogen-bond acceptors (Lipinski definition) is 3. The molecule has 0 unspecified atom stereocenters. The van der Waals surface area contributed by atoms with E-state index in [2.05, 4.69) is 37.4 Å². The first-order valence-electron chi connectivity index (χ1n) is 7.20. The van der Waals surface area contributed by atoms with Gasteiger partial charge in [-0.1, -0.05) is 50.2 Å². The lowest BCUT2D eigenvalue weighted by Gasteiger charge is -2.13. The molecule has 0 atom stereocenters. The first-order valence-corrected chi connectivity index (χ1v) is 7.20. The van der Waals surface area contributed by atoms with E-state index in [9.17, 15) is 0 Å². The van der Waals surface area contributed by atoms with E-state index in [0.717, 1.165) is 35.6 Å². The van der Waals surface area contributed by atoms with Gasteiger partial charge in [-0.15, -0.1) is 0 Å². The van der Waals surface area contributed by atoms with E-state index in [0.29, 0.717) is 12.5 Å². The van der Waals surface area contributed by atoms with Crippen molar-refractivity contribution in [2.45, 2.75) is 26.8 Å². The van der Waals surface area contributed by atoms with E-state index in [4.69, 9.17) is 10.7 Å². The van der Waals surface area contributed by atoms with Crippen LogP contribution in [0.2, 0.25) is 0 Å². The summed E-state index contributed by atoms with van der Waals surface area (Å²) in [5.41, 5.74) is 8.96. The highest BCUT2D eigenvalue weighted by Crippen LogP contribution is 2.21. The number of pyridine rings is 1. The van der Waals surface area contributed by atoms with Crippen LogP contribution in [0, 0.1) is 5.92 Å². The lowest BCUT2D eigenvalue weighted by atomic mass is 10.1. The number of rotatable bonds is 6. The third-order valence-electron chi connectivity index (χ3n) is 3.28. The molecule has 20 heavy (non-hydrogen) atoms. The molecule has 3 heteroatoms. The van der Waals surface area contributed by atoms with Crippen molar-refractivity contribution in [3.05, 3.63) is 48.0 Å². The molecule has 3 nitrogen and oxygen atoms in total. The lowest BCUT2D eigenvalue weighted by molar-refractivity contribution is 0.606. The van der Waals surface area contributed by atoms with Gasteiger partial charge in [-0.25, -0.2) is 4.98 Å². The third-order valence-corrected chi connectivity index (χ3v) is 3.28. The van der Waals surface area contributed by atoms with Gasteiger partial charge in [0.05, 0.1) is 5.69 Å². The van der Waals surface area contributed by atoms with Crippen molar-refractivity contribution in [1.82, 2.24) is 4.98 Å². The van der Waals surface area contributed by atoms with Crippen molar-refractivity contribution in [3.8, 4) is 11.3 Å². The minimum atomic E-state index is 0.506.